The molecule has 0 unspecified atom stereocenters. The van der Waals surface area contributed by atoms with Gasteiger partial charge in [0.2, 0.25) is 0 Å². The van der Waals surface area contributed by atoms with Crippen LogP contribution in [-0.2, 0) is 12.8 Å². The monoisotopic (exact) mass is 240 g/mol. The molecule has 2 N–H and O–H groups in total. The maximum Gasteiger partial charge on any atom is 0.119 e. The largest absolute Gasteiger partial charge is 0.508 e. The maximum atomic E-state index is 9.90. The molecule has 2 rings (SSSR count). The second kappa shape index (κ2) is 4.96. The molecule has 0 aliphatic carbocycles. The number of hydrogen-bond acceptors (Lipinski definition) is 2. The quantitative estimate of drug-likeness (QED) is 0.800. The van der Waals surface area contributed by atoms with Crippen LogP contribution in [0.4, 0.5) is 0 Å². The zero-order valence-corrected chi connectivity index (χ0v) is 10.2. The van der Waals surface area contributed by atoms with E-state index < -0.39 is 0 Å². The van der Waals surface area contributed by atoms with Crippen molar-refractivity contribution in [2.75, 3.05) is 0 Å². The number of aromatic hydroxyl groups is 2. The highest BCUT2D eigenvalue weighted by atomic mass is 16.3. The van der Waals surface area contributed by atoms with Gasteiger partial charge in [-0.2, -0.15) is 0 Å². The Morgan fingerprint density at radius 2 is 1.67 bits per heavy atom. The summed E-state index contributed by atoms with van der Waals surface area (Å²) in [6, 6.07) is 7.08. The molecule has 2 aromatic carbocycles. The number of phenolic OH excluding ortho intramolecular Hbond substituents is 2. The van der Waals surface area contributed by atoms with Gasteiger partial charge in [0.05, 0.1) is 0 Å². The van der Waals surface area contributed by atoms with Crippen molar-refractivity contribution in [3.05, 3.63) is 60.7 Å². The summed E-state index contributed by atoms with van der Waals surface area (Å²) in [4.78, 5) is 0. The summed E-state index contributed by atoms with van der Waals surface area (Å²) in [6.07, 6.45) is 4.71. The molecule has 0 aromatic heterocycles. The zero-order valence-electron chi connectivity index (χ0n) is 10.2. The van der Waals surface area contributed by atoms with Crippen LogP contribution in [0.25, 0.3) is 10.8 Å². The maximum absolute atomic E-state index is 9.90. The minimum atomic E-state index is 0.262. The van der Waals surface area contributed by atoms with Crippen LogP contribution in [0, 0.1) is 0 Å². The second-order valence-electron chi connectivity index (χ2n) is 4.25. The first kappa shape index (κ1) is 12.2. The van der Waals surface area contributed by atoms with E-state index in [0.717, 1.165) is 21.9 Å². The molecule has 2 nitrogen and oxygen atoms in total. The van der Waals surface area contributed by atoms with E-state index >= 15 is 0 Å². The lowest BCUT2D eigenvalue weighted by atomic mass is 9.97. The van der Waals surface area contributed by atoms with Gasteiger partial charge in [-0.15, -0.1) is 13.2 Å². The predicted molar refractivity (Wildman–Crippen MR) is 75.1 cm³/mol. The van der Waals surface area contributed by atoms with Gasteiger partial charge in [0.25, 0.3) is 0 Å². The van der Waals surface area contributed by atoms with Crippen molar-refractivity contribution in [3.63, 3.8) is 0 Å². The molecular weight excluding hydrogens is 224 g/mol. The van der Waals surface area contributed by atoms with Gasteiger partial charge in [-0.05, 0) is 47.4 Å². The second-order valence-corrected chi connectivity index (χ2v) is 4.25. The highest BCUT2D eigenvalue weighted by Crippen LogP contribution is 2.32. The molecule has 0 spiro atoms. The fraction of sp³-hybridized carbons (Fsp3) is 0.125. The van der Waals surface area contributed by atoms with Crippen LogP contribution in [0.2, 0.25) is 0 Å². The Hall–Kier alpha value is -2.22. The molecule has 0 radical (unpaired) electrons. The van der Waals surface area contributed by atoms with Gasteiger partial charge in [0, 0.05) is 5.56 Å². The lowest BCUT2D eigenvalue weighted by Crippen LogP contribution is -1.89. The average Bonchev–Trinajstić information content (AvgIpc) is 2.35. The fourth-order valence-corrected chi connectivity index (χ4v) is 2.13. The van der Waals surface area contributed by atoms with E-state index in [-0.39, 0.29) is 11.5 Å². The van der Waals surface area contributed by atoms with Gasteiger partial charge >= 0.3 is 0 Å². The van der Waals surface area contributed by atoms with Gasteiger partial charge in [-0.3, -0.25) is 0 Å². The van der Waals surface area contributed by atoms with Crippen LogP contribution in [0.5, 0.6) is 11.5 Å². The molecule has 0 amide bonds. The Balaban J connectivity index is 2.73. The minimum Gasteiger partial charge on any atom is -0.508 e. The number of fused-ring (bicyclic) bond motifs is 1. The molecule has 0 aliphatic rings. The Bertz CT molecular complexity index is 612. The molecule has 0 atom stereocenters. The van der Waals surface area contributed by atoms with E-state index in [0.29, 0.717) is 12.8 Å². The normalized spacial score (nSPS) is 10.4. The first-order valence-electron chi connectivity index (χ1n) is 5.85. The molecule has 2 aromatic rings. The van der Waals surface area contributed by atoms with Crippen LogP contribution in [-0.4, -0.2) is 10.2 Å². The summed E-state index contributed by atoms with van der Waals surface area (Å²) in [5, 5.41) is 21.7. The Kier molecular flexibility index (Phi) is 3.38. The van der Waals surface area contributed by atoms with Crippen LogP contribution < -0.4 is 0 Å². The summed E-state index contributed by atoms with van der Waals surface area (Å²) >= 11 is 0. The van der Waals surface area contributed by atoms with Crippen molar-refractivity contribution >= 4 is 10.8 Å². The van der Waals surface area contributed by atoms with Gasteiger partial charge in [0.1, 0.15) is 11.5 Å². The third kappa shape index (κ3) is 2.09. The van der Waals surface area contributed by atoms with Gasteiger partial charge in [0.15, 0.2) is 0 Å². The van der Waals surface area contributed by atoms with E-state index in [2.05, 4.69) is 13.2 Å². The van der Waals surface area contributed by atoms with Crippen molar-refractivity contribution < 1.29 is 10.2 Å². The van der Waals surface area contributed by atoms with Crippen molar-refractivity contribution in [2.45, 2.75) is 12.8 Å². The summed E-state index contributed by atoms with van der Waals surface area (Å²) in [5.41, 5.74) is 1.65. The first-order chi connectivity index (χ1) is 8.67. The predicted octanol–water partition coefficient (Wildman–Crippen LogP) is 3.71. The zero-order chi connectivity index (χ0) is 13.1. The van der Waals surface area contributed by atoms with Crippen molar-refractivity contribution in [2.24, 2.45) is 0 Å². The number of allylic oxidation sites excluding steroid dienone is 2. The summed E-state index contributed by atoms with van der Waals surface area (Å²) < 4.78 is 0. The van der Waals surface area contributed by atoms with E-state index in [1.54, 1.807) is 30.4 Å². The lowest BCUT2D eigenvalue weighted by molar-refractivity contribution is 0.468. The van der Waals surface area contributed by atoms with E-state index in [4.69, 9.17) is 0 Å². The average molecular weight is 240 g/mol. The van der Waals surface area contributed by atoms with Crippen molar-refractivity contribution in [3.8, 4) is 11.5 Å². The Labute approximate surface area is 107 Å². The Morgan fingerprint density at radius 1 is 0.944 bits per heavy atom. The molecule has 0 saturated carbocycles. The van der Waals surface area contributed by atoms with Gasteiger partial charge in [-0.25, -0.2) is 0 Å². The summed E-state index contributed by atoms with van der Waals surface area (Å²) in [5.74, 6) is 0.523. The molecule has 0 bridgehead atoms. The number of hydrogen-bond donors (Lipinski definition) is 2. The van der Waals surface area contributed by atoms with Crippen molar-refractivity contribution in [1.82, 2.24) is 0 Å². The van der Waals surface area contributed by atoms with Gasteiger partial charge < -0.3 is 10.2 Å². The minimum absolute atomic E-state index is 0.262. The molecule has 0 fully saturated rings. The first-order valence-corrected chi connectivity index (χ1v) is 5.85. The van der Waals surface area contributed by atoms with Crippen molar-refractivity contribution in [1.29, 1.82) is 0 Å². The van der Waals surface area contributed by atoms with E-state index in [1.165, 1.54) is 0 Å². The molecule has 0 heterocycles. The molecule has 2 heteroatoms. The number of benzene rings is 2. The molecule has 18 heavy (non-hydrogen) atoms. The third-order valence-electron chi connectivity index (χ3n) is 3.02. The summed E-state index contributed by atoms with van der Waals surface area (Å²) in [7, 11) is 0. The lowest BCUT2D eigenvalue weighted by Gasteiger charge is -2.10. The molecule has 0 saturated heterocycles. The number of rotatable bonds is 4. The third-order valence-corrected chi connectivity index (χ3v) is 3.02. The van der Waals surface area contributed by atoms with E-state index in [1.807, 2.05) is 6.07 Å². The smallest absolute Gasteiger partial charge is 0.119 e. The standard InChI is InChI=1S/C16H16O2/c1-3-5-12-9-14-11(10-16(12)18)7-8-15(17)13(14)6-4-2/h3-4,7-10,17-18H,1-2,5-6H2. The molecule has 0 aliphatic heterocycles. The topological polar surface area (TPSA) is 40.5 Å². The number of phenols is 2. The van der Waals surface area contributed by atoms with Crippen LogP contribution in [0.3, 0.4) is 0 Å². The van der Waals surface area contributed by atoms with Crippen LogP contribution in [0.15, 0.2) is 49.6 Å². The van der Waals surface area contributed by atoms with Crippen LogP contribution >= 0.6 is 0 Å². The molecular formula is C16H16O2. The Morgan fingerprint density at radius 3 is 2.33 bits per heavy atom. The highest BCUT2D eigenvalue weighted by molar-refractivity contribution is 5.90. The fourth-order valence-electron chi connectivity index (χ4n) is 2.13. The van der Waals surface area contributed by atoms with Gasteiger partial charge in [-0.1, -0.05) is 18.2 Å². The highest BCUT2D eigenvalue weighted by Gasteiger charge is 2.09. The SMILES string of the molecule is C=CCc1cc2c(CC=C)c(O)ccc2cc1O. The van der Waals surface area contributed by atoms with E-state index in [9.17, 15) is 10.2 Å². The van der Waals surface area contributed by atoms with Crippen LogP contribution in [0.1, 0.15) is 11.1 Å². The summed E-state index contributed by atoms with van der Waals surface area (Å²) in [6.45, 7) is 7.38. The molecule has 92 valence electrons.